The smallest absolute Gasteiger partial charge is 0.116 e. The first kappa shape index (κ1) is 57.9. The van der Waals surface area contributed by atoms with Gasteiger partial charge in [0.05, 0.1) is 44.5 Å². The molecule has 3 heterocycles. The fourth-order valence-electron chi connectivity index (χ4n) is 15.2. The van der Waals surface area contributed by atoms with Gasteiger partial charge in [-0.1, -0.05) is 194 Å². The van der Waals surface area contributed by atoms with Gasteiger partial charge in [0.25, 0.3) is 0 Å². The van der Waals surface area contributed by atoms with E-state index in [0.29, 0.717) is 0 Å². The van der Waals surface area contributed by atoms with Crippen LogP contribution in [0, 0.1) is 0 Å². The molecular weight excluding hydrogens is 1220 g/mol. The van der Waals surface area contributed by atoms with Crippen LogP contribution in [-0.4, -0.2) is 19.1 Å². The van der Waals surface area contributed by atoms with E-state index in [4.69, 9.17) is 9.97 Å². The Hall–Kier alpha value is -13.6. The number of anilines is 12. The van der Waals surface area contributed by atoms with Gasteiger partial charge in [-0.2, -0.15) is 0 Å². The summed E-state index contributed by atoms with van der Waals surface area (Å²) in [7, 11) is 0. The largest absolute Gasteiger partial charge is 0.310 e. The lowest BCUT2D eigenvalue weighted by molar-refractivity contribution is 1.15. The SMILES string of the molecule is c1ccc(N(c2ccccc2)c2ccc3c(c2)c2cc(N(c4ccccc4)c4ccccc4)ccc2n3-c2ccc(-n3c4ccc(N(c5ccccc5)c5ccccc5)cc4c4cc(N(c5ccccc5)c5ccccc5)ccc43)c3nc4c5ccccc5c5ccccc5c4nc23)cc1. The molecule has 3 aromatic heterocycles. The number of hydrogen-bond donors (Lipinski definition) is 0. The summed E-state index contributed by atoms with van der Waals surface area (Å²) in [5, 5.41) is 8.70. The molecule has 0 bridgehead atoms. The Bertz CT molecular complexity index is 5450. The highest BCUT2D eigenvalue weighted by Gasteiger charge is 2.27. The molecule has 0 fully saturated rings. The number of para-hydroxylation sites is 8. The van der Waals surface area contributed by atoms with Crippen molar-refractivity contribution in [1.82, 2.24) is 19.1 Å². The van der Waals surface area contributed by atoms with Crippen molar-refractivity contribution in [3.63, 3.8) is 0 Å². The fourth-order valence-corrected chi connectivity index (χ4v) is 15.2. The molecule has 470 valence electrons. The summed E-state index contributed by atoms with van der Waals surface area (Å²) in [6.07, 6.45) is 0. The van der Waals surface area contributed by atoms with Gasteiger partial charge in [-0.05, 0) is 193 Å². The molecule has 19 rings (SSSR count). The highest BCUT2D eigenvalue weighted by atomic mass is 15.2. The summed E-state index contributed by atoms with van der Waals surface area (Å²) in [4.78, 5) is 21.6. The van der Waals surface area contributed by atoms with E-state index < -0.39 is 0 Å². The van der Waals surface area contributed by atoms with Gasteiger partial charge < -0.3 is 28.7 Å². The summed E-state index contributed by atoms with van der Waals surface area (Å²) in [5.74, 6) is 0. The molecule has 0 saturated carbocycles. The highest BCUT2D eigenvalue weighted by molar-refractivity contribution is 6.25. The molecule has 0 aliphatic heterocycles. The van der Waals surface area contributed by atoms with Crippen LogP contribution in [0.1, 0.15) is 0 Å². The van der Waals surface area contributed by atoms with Gasteiger partial charge in [0, 0.05) is 101 Å². The van der Waals surface area contributed by atoms with Crippen LogP contribution in [0.15, 0.2) is 376 Å². The summed E-state index contributed by atoms with van der Waals surface area (Å²) in [6.45, 7) is 0. The van der Waals surface area contributed by atoms with Gasteiger partial charge >= 0.3 is 0 Å². The minimum Gasteiger partial charge on any atom is -0.310 e. The molecule has 19 aromatic rings. The molecule has 0 aliphatic carbocycles. The molecule has 0 unspecified atom stereocenters. The average Bonchev–Trinajstić information content (AvgIpc) is 1.44. The van der Waals surface area contributed by atoms with Crippen LogP contribution in [0.2, 0.25) is 0 Å². The zero-order valence-electron chi connectivity index (χ0n) is 54.4. The van der Waals surface area contributed by atoms with E-state index >= 15 is 0 Å². The maximum Gasteiger partial charge on any atom is 0.116 e. The van der Waals surface area contributed by atoms with Gasteiger partial charge in [-0.3, -0.25) is 0 Å². The number of rotatable bonds is 14. The average molecular weight is 1280 g/mol. The molecule has 8 heteroatoms. The Balaban J connectivity index is 0.914. The molecule has 0 amide bonds. The predicted octanol–water partition coefficient (Wildman–Crippen LogP) is 25.2. The number of aromatic nitrogens is 4. The van der Waals surface area contributed by atoms with E-state index in [-0.39, 0.29) is 0 Å². The molecule has 0 spiro atoms. The van der Waals surface area contributed by atoms with Gasteiger partial charge in [-0.15, -0.1) is 0 Å². The normalized spacial score (nSPS) is 11.6. The fraction of sp³-hybridized carbons (Fsp3) is 0. The van der Waals surface area contributed by atoms with Gasteiger partial charge in [0.2, 0.25) is 0 Å². The molecule has 0 atom stereocenters. The van der Waals surface area contributed by atoms with E-state index in [1.165, 1.54) is 0 Å². The molecule has 8 nitrogen and oxygen atoms in total. The number of hydrogen-bond acceptors (Lipinski definition) is 6. The van der Waals surface area contributed by atoms with Crippen LogP contribution < -0.4 is 19.6 Å². The standard InChI is InChI=1S/C92H62N8/c1-9-29-63(30-10-1)95(64-31-11-2-12-32-64)71-49-53-83-79(59-71)80-60-72(96(65-33-13-3-14-34-65)66-35-15-4-16-36-66)50-54-84(80)99(83)87-57-58-88(92-91(87)93-89-77-47-27-25-45-75(77)76-46-26-28-48-78(76)90(89)94-92)100-85-55-51-73(97(67-37-17-5-18-38-67)68-39-19-6-20-40-68)61-81(85)82-62-74(52-56-86(82)100)98(69-41-21-7-22-42-69)70-43-23-8-24-44-70/h1-62H. The first-order valence-electron chi connectivity index (χ1n) is 34.0. The maximum absolute atomic E-state index is 6.09. The Morgan fingerprint density at radius 3 is 0.580 bits per heavy atom. The minimum atomic E-state index is 0.768. The van der Waals surface area contributed by atoms with Gasteiger partial charge in [-0.25, -0.2) is 9.97 Å². The van der Waals surface area contributed by atoms with E-state index in [0.717, 1.165) is 167 Å². The van der Waals surface area contributed by atoms with Crippen LogP contribution in [0.4, 0.5) is 68.2 Å². The second kappa shape index (κ2) is 24.3. The van der Waals surface area contributed by atoms with Crippen LogP contribution in [0.3, 0.4) is 0 Å². The van der Waals surface area contributed by atoms with Crippen molar-refractivity contribution in [2.75, 3.05) is 19.6 Å². The highest BCUT2D eigenvalue weighted by Crippen LogP contribution is 2.48. The van der Waals surface area contributed by atoms with Gasteiger partial charge in [0.15, 0.2) is 0 Å². The first-order valence-corrected chi connectivity index (χ1v) is 34.0. The van der Waals surface area contributed by atoms with E-state index in [1.807, 2.05) is 0 Å². The maximum atomic E-state index is 6.09. The monoisotopic (exact) mass is 1280 g/mol. The topological polar surface area (TPSA) is 48.6 Å². The molecular formula is C92H62N8. The second-order valence-corrected chi connectivity index (χ2v) is 25.3. The zero-order chi connectivity index (χ0) is 66.0. The lowest BCUT2D eigenvalue weighted by Gasteiger charge is -2.26. The molecule has 16 aromatic carbocycles. The third-order valence-corrected chi connectivity index (χ3v) is 19.5. The molecule has 0 aliphatic rings. The Morgan fingerprint density at radius 2 is 0.360 bits per heavy atom. The van der Waals surface area contributed by atoms with Crippen LogP contribution in [-0.2, 0) is 0 Å². The molecule has 100 heavy (non-hydrogen) atoms. The summed E-state index contributed by atoms with van der Waals surface area (Å²) in [5.41, 5.74) is 21.8. The molecule has 0 saturated heterocycles. The van der Waals surface area contributed by atoms with Crippen LogP contribution in [0.25, 0.3) is 98.6 Å². The summed E-state index contributed by atoms with van der Waals surface area (Å²) in [6, 6.07) is 135. The van der Waals surface area contributed by atoms with E-state index in [9.17, 15) is 0 Å². The Kier molecular flexibility index (Phi) is 14.0. The van der Waals surface area contributed by atoms with Crippen LogP contribution in [0.5, 0.6) is 0 Å². The third-order valence-electron chi connectivity index (χ3n) is 19.5. The minimum absolute atomic E-state index is 0.768. The van der Waals surface area contributed by atoms with Crippen molar-refractivity contribution >= 4 is 155 Å². The summed E-state index contributed by atoms with van der Waals surface area (Å²) < 4.78 is 4.87. The van der Waals surface area contributed by atoms with Crippen molar-refractivity contribution in [3.05, 3.63) is 376 Å². The lowest BCUT2D eigenvalue weighted by atomic mass is 9.99. The molecule has 0 N–H and O–H groups in total. The lowest BCUT2D eigenvalue weighted by Crippen LogP contribution is -2.09. The quantitative estimate of drug-likeness (QED) is 0.0799. The number of fused-ring (bicyclic) bond motifs is 13. The number of nitrogens with zero attached hydrogens (tertiary/aromatic N) is 8. The van der Waals surface area contributed by atoms with Crippen molar-refractivity contribution < 1.29 is 0 Å². The Labute approximate surface area is 578 Å². The third kappa shape index (κ3) is 9.76. The number of benzene rings is 16. The zero-order valence-corrected chi connectivity index (χ0v) is 54.4. The van der Waals surface area contributed by atoms with Crippen molar-refractivity contribution in [2.45, 2.75) is 0 Å². The van der Waals surface area contributed by atoms with Crippen LogP contribution >= 0.6 is 0 Å². The van der Waals surface area contributed by atoms with Crippen molar-refractivity contribution in [2.24, 2.45) is 0 Å². The van der Waals surface area contributed by atoms with Gasteiger partial charge in [0.1, 0.15) is 11.0 Å². The van der Waals surface area contributed by atoms with E-state index in [2.05, 4.69) is 405 Å². The Morgan fingerprint density at radius 1 is 0.160 bits per heavy atom. The second-order valence-electron chi connectivity index (χ2n) is 25.3. The van der Waals surface area contributed by atoms with E-state index in [1.54, 1.807) is 0 Å². The first-order chi connectivity index (χ1) is 49.6. The summed E-state index contributed by atoms with van der Waals surface area (Å²) >= 11 is 0. The predicted molar refractivity (Wildman–Crippen MR) is 419 cm³/mol. The molecule has 0 radical (unpaired) electrons. The van der Waals surface area contributed by atoms with Crippen molar-refractivity contribution in [3.8, 4) is 11.4 Å². The van der Waals surface area contributed by atoms with Crippen molar-refractivity contribution in [1.29, 1.82) is 0 Å².